The predicted molar refractivity (Wildman–Crippen MR) is 89.0 cm³/mol. The summed E-state index contributed by atoms with van der Waals surface area (Å²) in [7, 11) is 0. The monoisotopic (exact) mass is 348 g/mol. The molecule has 1 aliphatic carbocycles. The Labute approximate surface area is 141 Å². The first-order valence-corrected chi connectivity index (χ1v) is 8.44. The highest BCUT2D eigenvalue weighted by Crippen LogP contribution is 2.39. The molecule has 1 aromatic heterocycles. The molecule has 0 bridgehead atoms. The number of carbonyl (C=O) groups is 1. The van der Waals surface area contributed by atoms with Crippen LogP contribution in [0.4, 0.5) is 0 Å². The van der Waals surface area contributed by atoms with Crippen molar-refractivity contribution in [1.82, 2.24) is 5.43 Å². The van der Waals surface area contributed by atoms with Crippen molar-refractivity contribution in [3.8, 4) is 11.5 Å². The number of halogens is 1. The molecule has 0 atom stereocenters. The lowest BCUT2D eigenvalue weighted by Gasteiger charge is -2.01. The van der Waals surface area contributed by atoms with Crippen LogP contribution in [-0.2, 0) is 12.8 Å². The number of carbonyl (C=O) groups excluding carboxylic acids is 1. The molecule has 0 fully saturated rings. The van der Waals surface area contributed by atoms with E-state index in [9.17, 15) is 4.79 Å². The number of rotatable bonds is 3. The molecule has 1 amide bonds. The highest BCUT2D eigenvalue weighted by molar-refractivity contribution is 7.14. The summed E-state index contributed by atoms with van der Waals surface area (Å²) in [5, 5.41) is 4.46. The predicted octanol–water partition coefficient (Wildman–Crippen LogP) is 3.38. The maximum atomic E-state index is 12.1. The van der Waals surface area contributed by atoms with Crippen LogP contribution in [0.3, 0.4) is 0 Å². The van der Waals surface area contributed by atoms with Crippen LogP contribution in [0.1, 0.15) is 32.1 Å². The van der Waals surface area contributed by atoms with Gasteiger partial charge in [-0.3, -0.25) is 4.79 Å². The number of hydrazone groups is 1. The van der Waals surface area contributed by atoms with Crippen molar-refractivity contribution >= 4 is 35.1 Å². The van der Waals surface area contributed by atoms with Crippen molar-refractivity contribution in [2.45, 2.75) is 19.3 Å². The van der Waals surface area contributed by atoms with Gasteiger partial charge >= 0.3 is 0 Å². The van der Waals surface area contributed by atoms with E-state index in [2.05, 4.69) is 10.5 Å². The molecular weight excluding hydrogens is 336 g/mol. The minimum absolute atomic E-state index is 0.162. The summed E-state index contributed by atoms with van der Waals surface area (Å²) in [6, 6.07) is 5.45. The summed E-state index contributed by atoms with van der Waals surface area (Å²) in [6.07, 6.45) is 4.86. The SMILES string of the molecule is O=C(N/N=C\c1cc(Cl)c2c(c1)OCO2)c1cc2c(s1)CCC2. The zero-order chi connectivity index (χ0) is 15.8. The van der Waals surface area contributed by atoms with Gasteiger partial charge in [0.1, 0.15) is 0 Å². The second kappa shape index (κ2) is 5.86. The minimum atomic E-state index is -0.188. The first-order chi connectivity index (χ1) is 11.2. The third kappa shape index (κ3) is 2.80. The maximum Gasteiger partial charge on any atom is 0.281 e. The van der Waals surface area contributed by atoms with E-state index in [1.54, 1.807) is 23.5 Å². The van der Waals surface area contributed by atoms with Crippen LogP contribution in [0.25, 0.3) is 0 Å². The molecule has 0 saturated carbocycles. The fraction of sp³-hybridized carbons (Fsp3) is 0.250. The number of aryl methyl sites for hydroxylation is 2. The summed E-state index contributed by atoms with van der Waals surface area (Å²) in [6.45, 7) is 0.162. The normalized spacial score (nSPS) is 15.2. The van der Waals surface area contributed by atoms with Gasteiger partial charge in [-0.15, -0.1) is 11.3 Å². The fourth-order valence-electron chi connectivity index (χ4n) is 2.72. The number of hydrogen-bond acceptors (Lipinski definition) is 5. The van der Waals surface area contributed by atoms with E-state index in [0.29, 0.717) is 21.4 Å². The number of nitrogens with one attached hydrogen (secondary N) is 1. The molecule has 2 aromatic rings. The van der Waals surface area contributed by atoms with Crippen LogP contribution in [0, 0.1) is 0 Å². The molecule has 0 spiro atoms. The number of ether oxygens (including phenoxy) is 2. The van der Waals surface area contributed by atoms with Gasteiger partial charge in [-0.25, -0.2) is 5.43 Å². The van der Waals surface area contributed by atoms with Crippen LogP contribution in [0.15, 0.2) is 23.3 Å². The quantitative estimate of drug-likeness (QED) is 0.683. The summed E-state index contributed by atoms with van der Waals surface area (Å²) < 4.78 is 10.5. The third-order valence-corrected chi connectivity index (χ3v) is 5.32. The average Bonchev–Trinajstić information content (AvgIpc) is 3.22. The zero-order valence-corrected chi connectivity index (χ0v) is 13.7. The van der Waals surface area contributed by atoms with Gasteiger partial charge < -0.3 is 9.47 Å². The molecule has 2 heterocycles. The number of benzene rings is 1. The van der Waals surface area contributed by atoms with Crippen molar-refractivity contribution in [3.05, 3.63) is 44.1 Å². The van der Waals surface area contributed by atoms with Crippen LogP contribution in [-0.4, -0.2) is 18.9 Å². The number of nitrogens with zero attached hydrogens (tertiary/aromatic N) is 1. The molecule has 0 unspecified atom stereocenters. The minimum Gasteiger partial charge on any atom is -0.454 e. The van der Waals surface area contributed by atoms with Crippen LogP contribution in [0.5, 0.6) is 11.5 Å². The first-order valence-electron chi connectivity index (χ1n) is 7.25. The largest absolute Gasteiger partial charge is 0.454 e. The average molecular weight is 349 g/mol. The number of fused-ring (bicyclic) bond motifs is 2. The molecule has 118 valence electrons. The number of thiophene rings is 1. The summed E-state index contributed by atoms with van der Waals surface area (Å²) >= 11 is 7.65. The highest BCUT2D eigenvalue weighted by atomic mass is 35.5. The molecule has 4 rings (SSSR count). The van der Waals surface area contributed by atoms with E-state index in [-0.39, 0.29) is 12.7 Å². The fourth-order valence-corrected chi connectivity index (χ4v) is 4.14. The van der Waals surface area contributed by atoms with Gasteiger partial charge in [-0.2, -0.15) is 5.10 Å². The third-order valence-electron chi connectivity index (χ3n) is 3.80. The van der Waals surface area contributed by atoms with Crippen molar-refractivity contribution in [2.24, 2.45) is 5.10 Å². The van der Waals surface area contributed by atoms with E-state index >= 15 is 0 Å². The second-order valence-corrected chi connectivity index (χ2v) is 6.89. The second-order valence-electron chi connectivity index (χ2n) is 5.35. The molecule has 7 heteroatoms. The Morgan fingerprint density at radius 1 is 1.30 bits per heavy atom. The van der Waals surface area contributed by atoms with Crippen molar-refractivity contribution in [2.75, 3.05) is 6.79 Å². The lowest BCUT2D eigenvalue weighted by atomic mass is 10.2. The van der Waals surface area contributed by atoms with E-state index < -0.39 is 0 Å². The van der Waals surface area contributed by atoms with Gasteiger partial charge in [0.15, 0.2) is 11.5 Å². The lowest BCUT2D eigenvalue weighted by molar-refractivity contribution is 0.0959. The van der Waals surface area contributed by atoms with Crippen molar-refractivity contribution in [3.63, 3.8) is 0 Å². The standard InChI is InChI=1S/C16H13ClN2O3S/c17-11-4-9(5-12-15(11)22-8-21-12)7-18-19-16(20)14-6-10-2-1-3-13(10)23-14/h4-7H,1-3,8H2,(H,19,20)/b18-7-. The molecule has 23 heavy (non-hydrogen) atoms. The summed E-state index contributed by atoms with van der Waals surface area (Å²) in [4.78, 5) is 14.1. The van der Waals surface area contributed by atoms with Crippen molar-refractivity contribution < 1.29 is 14.3 Å². The lowest BCUT2D eigenvalue weighted by Crippen LogP contribution is -2.16. The van der Waals surface area contributed by atoms with Gasteiger partial charge in [-0.1, -0.05) is 11.6 Å². The molecule has 1 N–H and O–H groups in total. The summed E-state index contributed by atoms with van der Waals surface area (Å²) in [5.41, 5.74) is 4.58. The number of amides is 1. The van der Waals surface area contributed by atoms with Gasteiger partial charge in [0.2, 0.25) is 6.79 Å². The van der Waals surface area contributed by atoms with Gasteiger partial charge in [-0.05, 0) is 48.6 Å². The molecule has 0 radical (unpaired) electrons. The maximum absolute atomic E-state index is 12.1. The summed E-state index contributed by atoms with van der Waals surface area (Å²) in [5.74, 6) is 0.938. The Balaban J connectivity index is 1.45. The molecule has 1 aliphatic heterocycles. The smallest absolute Gasteiger partial charge is 0.281 e. The van der Waals surface area contributed by atoms with Gasteiger partial charge in [0.25, 0.3) is 5.91 Å². The first kappa shape index (κ1) is 14.5. The highest BCUT2D eigenvalue weighted by Gasteiger charge is 2.19. The van der Waals surface area contributed by atoms with Crippen molar-refractivity contribution in [1.29, 1.82) is 0 Å². The van der Waals surface area contributed by atoms with Crippen LogP contribution < -0.4 is 14.9 Å². The zero-order valence-electron chi connectivity index (χ0n) is 12.1. The Kier molecular flexibility index (Phi) is 3.71. The molecular formula is C16H13ClN2O3S. The van der Waals surface area contributed by atoms with Crippen LogP contribution >= 0.6 is 22.9 Å². The van der Waals surface area contributed by atoms with Gasteiger partial charge in [0.05, 0.1) is 16.1 Å². The Morgan fingerprint density at radius 3 is 3.09 bits per heavy atom. The Bertz CT molecular complexity index is 794. The van der Waals surface area contributed by atoms with E-state index in [0.717, 1.165) is 18.4 Å². The van der Waals surface area contributed by atoms with E-state index in [1.807, 2.05) is 6.07 Å². The van der Waals surface area contributed by atoms with Crippen LogP contribution in [0.2, 0.25) is 5.02 Å². The number of hydrogen-bond donors (Lipinski definition) is 1. The molecule has 1 aromatic carbocycles. The molecule has 2 aliphatic rings. The van der Waals surface area contributed by atoms with E-state index in [4.69, 9.17) is 21.1 Å². The molecule has 5 nitrogen and oxygen atoms in total. The Hall–Kier alpha value is -2.05. The van der Waals surface area contributed by atoms with E-state index in [1.165, 1.54) is 23.1 Å². The molecule has 0 saturated heterocycles. The van der Waals surface area contributed by atoms with Gasteiger partial charge in [0, 0.05) is 4.88 Å². The Morgan fingerprint density at radius 2 is 2.22 bits per heavy atom. The topological polar surface area (TPSA) is 59.9 Å².